The van der Waals surface area contributed by atoms with E-state index in [0.29, 0.717) is 12.5 Å². The molecule has 2 atom stereocenters. The molecule has 4 rings (SSSR count). The Morgan fingerprint density at radius 2 is 2.00 bits per heavy atom. The number of hydrogen-bond acceptors (Lipinski definition) is 2. The lowest BCUT2D eigenvalue weighted by Crippen LogP contribution is -2.25. The Morgan fingerprint density at radius 1 is 1.18 bits per heavy atom. The van der Waals surface area contributed by atoms with Gasteiger partial charge in [0.2, 0.25) is 5.91 Å². The fraction of sp³-hybridized carbons (Fsp3) is 0.222. The summed E-state index contributed by atoms with van der Waals surface area (Å²) in [6.45, 7) is 0.467. The van der Waals surface area contributed by atoms with Gasteiger partial charge in [0.1, 0.15) is 5.82 Å². The normalized spacial score (nSPS) is 20.0. The molecule has 0 bridgehead atoms. The van der Waals surface area contributed by atoms with E-state index in [2.05, 4.69) is 22.4 Å². The molecule has 22 heavy (non-hydrogen) atoms. The van der Waals surface area contributed by atoms with Crippen molar-refractivity contribution in [3.63, 3.8) is 0 Å². The van der Waals surface area contributed by atoms with Crippen LogP contribution in [0.5, 0.6) is 0 Å². The maximum atomic E-state index is 12.3. The van der Waals surface area contributed by atoms with Gasteiger partial charge in [0.25, 0.3) is 0 Å². The molecule has 1 aromatic carbocycles. The summed E-state index contributed by atoms with van der Waals surface area (Å²) in [4.78, 5) is 16.6. The zero-order chi connectivity index (χ0) is 14.9. The molecule has 110 valence electrons. The van der Waals surface area contributed by atoms with Gasteiger partial charge < -0.3 is 9.72 Å². The monoisotopic (exact) mass is 291 g/mol. The van der Waals surface area contributed by atoms with Crippen molar-refractivity contribution in [3.05, 3.63) is 72.3 Å². The van der Waals surface area contributed by atoms with E-state index in [4.69, 9.17) is 0 Å². The lowest BCUT2D eigenvalue weighted by molar-refractivity contribution is -0.122. The van der Waals surface area contributed by atoms with E-state index in [-0.39, 0.29) is 11.8 Å². The Kier molecular flexibility index (Phi) is 3.15. The lowest BCUT2D eigenvalue weighted by atomic mass is 10.1. The zero-order valence-corrected chi connectivity index (χ0v) is 12.1. The third-order valence-corrected chi connectivity index (χ3v) is 4.29. The molecule has 0 radical (unpaired) electrons. The summed E-state index contributed by atoms with van der Waals surface area (Å²) >= 11 is 0. The smallest absolute Gasteiger partial charge is 0.224 e. The molecule has 1 aliphatic carbocycles. The Morgan fingerprint density at radius 3 is 2.86 bits per heavy atom. The van der Waals surface area contributed by atoms with Crippen molar-refractivity contribution in [1.82, 2.24) is 14.7 Å². The minimum Gasteiger partial charge on any atom is -0.349 e. The van der Waals surface area contributed by atoms with Gasteiger partial charge in [-0.05, 0) is 30.0 Å². The second-order valence-corrected chi connectivity index (χ2v) is 5.75. The van der Waals surface area contributed by atoms with E-state index in [9.17, 15) is 4.79 Å². The summed E-state index contributed by atoms with van der Waals surface area (Å²) in [5.74, 6) is 1.47. The Labute approximate surface area is 128 Å². The Bertz CT molecular complexity index is 809. The molecule has 1 N–H and O–H groups in total. The topological polar surface area (TPSA) is 46.4 Å². The van der Waals surface area contributed by atoms with Crippen molar-refractivity contribution in [2.24, 2.45) is 5.92 Å². The van der Waals surface area contributed by atoms with Crippen LogP contribution in [0.15, 0.2) is 60.9 Å². The maximum absolute atomic E-state index is 12.3. The Balaban J connectivity index is 1.40. The molecule has 1 fully saturated rings. The first kappa shape index (κ1) is 13.1. The Hall–Kier alpha value is -2.62. The number of nitrogens with zero attached hydrogens (tertiary/aromatic N) is 2. The van der Waals surface area contributed by atoms with Crippen LogP contribution in [0, 0.1) is 5.92 Å². The van der Waals surface area contributed by atoms with Crippen molar-refractivity contribution >= 4 is 11.4 Å². The van der Waals surface area contributed by atoms with Gasteiger partial charge in [0.05, 0.1) is 18.3 Å². The number of nitrogens with one attached hydrogen (secondary N) is 1. The summed E-state index contributed by atoms with van der Waals surface area (Å²) in [5, 5.41) is 3.02. The zero-order valence-electron chi connectivity index (χ0n) is 12.1. The predicted octanol–water partition coefficient (Wildman–Crippen LogP) is 2.75. The van der Waals surface area contributed by atoms with Gasteiger partial charge in [-0.25, -0.2) is 4.98 Å². The molecular weight excluding hydrogens is 274 g/mol. The number of rotatable bonds is 4. The molecule has 0 saturated heterocycles. The van der Waals surface area contributed by atoms with E-state index in [0.717, 1.165) is 17.8 Å². The highest BCUT2D eigenvalue weighted by molar-refractivity contribution is 5.82. The average molecular weight is 291 g/mol. The highest BCUT2D eigenvalue weighted by atomic mass is 16.2. The molecule has 0 spiro atoms. The molecule has 2 aromatic heterocycles. The molecule has 3 aromatic rings. The van der Waals surface area contributed by atoms with Crippen LogP contribution in [-0.4, -0.2) is 15.3 Å². The van der Waals surface area contributed by atoms with Crippen molar-refractivity contribution in [1.29, 1.82) is 0 Å². The van der Waals surface area contributed by atoms with E-state index in [1.54, 1.807) is 0 Å². The van der Waals surface area contributed by atoms with Gasteiger partial charge in [-0.2, -0.15) is 0 Å². The van der Waals surface area contributed by atoms with Crippen molar-refractivity contribution in [3.8, 4) is 0 Å². The number of imidazole rings is 1. The van der Waals surface area contributed by atoms with Crippen LogP contribution >= 0.6 is 0 Å². The van der Waals surface area contributed by atoms with Crippen molar-refractivity contribution < 1.29 is 4.79 Å². The summed E-state index contributed by atoms with van der Waals surface area (Å²) in [7, 11) is 0. The van der Waals surface area contributed by atoms with Crippen molar-refractivity contribution in [2.45, 2.75) is 18.9 Å². The van der Waals surface area contributed by atoms with Crippen LogP contribution in [0.4, 0.5) is 0 Å². The number of carbonyl (C=O) groups is 1. The summed E-state index contributed by atoms with van der Waals surface area (Å²) in [6, 6.07) is 16.2. The van der Waals surface area contributed by atoms with Crippen LogP contribution in [0.3, 0.4) is 0 Å². The first-order valence-electron chi connectivity index (χ1n) is 7.56. The molecule has 4 nitrogen and oxygen atoms in total. The maximum Gasteiger partial charge on any atom is 0.224 e. The van der Waals surface area contributed by atoms with Crippen LogP contribution in [0.25, 0.3) is 5.52 Å². The van der Waals surface area contributed by atoms with Crippen molar-refractivity contribution in [2.75, 3.05) is 0 Å². The molecule has 1 amide bonds. The number of carbonyl (C=O) groups excluding carboxylic acids is 1. The summed E-state index contributed by atoms with van der Waals surface area (Å²) in [6.07, 6.45) is 4.73. The quantitative estimate of drug-likeness (QED) is 0.803. The molecule has 2 heterocycles. The number of benzene rings is 1. The SMILES string of the molecule is O=C(NCc1ncc2ccccn12)C1CC1c1ccccc1. The van der Waals surface area contributed by atoms with Gasteiger partial charge in [0, 0.05) is 12.1 Å². The summed E-state index contributed by atoms with van der Waals surface area (Å²) < 4.78 is 2.00. The summed E-state index contributed by atoms with van der Waals surface area (Å²) in [5.41, 5.74) is 2.30. The van der Waals surface area contributed by atoms with Gasteiger partial charge in [-0.15, -0.1) is 0 Å². The van der Waals surface area contributed by atoms with E-state index < -0.39 is 0 Å². The van der Waals surface area contributed by atoms with Crippen LogP contribution in [-0.2, 0) is 11.3 Å². The number of hydrogen-bond donors (Lipinski definition) is 1. The predicted molar refractivity (Wildman–Crippen MR) is 84.3 cm³/mol. The van der Waals surface area contributed by atoms with Gasteiger partial charge in [-0.1, -0.05) is 36.4 Å². The van der Waals surface area contributed by atoms with E-state index >= 15 is 0 Å². The third kappa shape index (κ3) is 2.37. The molecule has 2 unspecified atom stereocenters. The second kappa shape index (κ2) is 5.30. The molecule has 1 aliphatic rings. The lowest BCUT2D eigenvalue weighted by Gasteiger charge is -2.05. The molecule has 1 saturated carbocycles. The van der Waals surface area contributed by atoms with Gasteiger partial charge >= 0.3 is 0 Å². The van der Waals surface area contributed by atoms with Crippen LogP contribution in [0.1, 0.15) is 23.7 Å². The number of pyridine rings is 1. The highest BCUT2D eigenvalue weighted by Gasteiger charge is 2.43. The van der Waals surface area contributed by atoms with Gasteiger partial charge in [0.15, 0.2) is 0 Å². The first-order valence-corrected chi connectivity index (χ1v) is 7.56. The largest absolute Gasteiger partial charge is 0.349 e. The number of aromatic nitrogens is 2. The third-order valence-electron chi connectivity index (χ3n) is 4.29. The number of fused-ring (bicyclic) bond motifs is 1. The first-order chi connectivity index (χ1) is 10.8. The number of amides is 1. The molecular formula is C18H17N3O. The highest BCUT2D eigenvalue weighted by Crippen LogP contribution is 2.47. The molecule has 0 aliphatic heterocycles. The minimum absolute atomic E-state index is 0.105. The van der Waals surface area contributed by atoms with E-state index in [1.807, 2.05) is 53.2 Å². The molecule has 4 heteroatoms. The van der Waals surface area contributed by atoms with Crippen LogP contribution in [0.2, 0.25) is 0 Å². The standard InChI is InChI=1S/C18H17N3O/c22-18(16-10-15(16)13-6-2-1-3-7-13)20-12-17-19-11-14-8-4-5-9-21(14)17/h1-9,11,15-16H,10,12H2,(H,20,22). The fourth-order valence-electron chi connectivity index (χ4n) is 2.98. The van der Waals surface area contributed by atoms with Crippen LogP contribution < -0.4 is 5.32 Å². The van der Waals surface area contributed by atoms with Gasteiger partial charge in [-0.3, -0.25) is 4.79 Å². The van der Waals surface area contributed by atoms with E-state index in [1.165, 1.54) is 5.56 Å². The fourth-order valence-corrected chi connectivity index (χ4v) is 2.98. The second-order valence-electron chi connectivity index (χ2n) is 5.75. The average Bonchev–Trinajstić information content (AvgIpc) is 3.28. The minimum atomic E-state index is 0.105.